The summed E-state index contributed by atoms with van der Waals surface area (Å²) in [5.41, 5.74) is 3.44. The fourth-order valence-corrected chi connectivity index (χ4v) is 3.70. The van der Waals surface area contributed by atoms with Crippen LogP contribution in [-0.2, 0) is 30.3 Å². The molecule has 1 atom stereocenters. The zero-order valence-corrected chi connectivity index (χ0v) is 19.6. The first kappa shape index (κ1) is 24.3. The number of hydrogen-bond acceptors (Lipinski definition) is 7. The summed E-state index contributed by atoms with van der Waals surface area (Å²) in [5.74, 6) is -1.43. The number of ether oxygens (including phenoxy) is 3. The molecule has 9 nitrogen and oxygen atoms in total. The average molecular weight is 458 g/mol. The Kier molecular flexibility index (Phi) is 8.11. The lowest BCUT2D eigenvalue weighted by Crippen LogP contribution is -2.36. The molecule has 0 saturated carbocycles. The van der Waals surface area contributed by atoms with E-state index in [-0.39, 0.29) is 13.2 Å². The molecular weight excluding hydrogens is 426 g/mol. The lowest BCUT2D eigenvalue weighted by Gasteiger charge is -2.28. The first-order valence-electron chi connectivity index (χ1n) is 11.1. The normalized spacial score (nSPS) is 14.5. The summed E-state index contributed by atoms with van der Waals surface area (Å²) in [6, 6.07) is 9.20. The summed E-state index contributed by atoms with van der Waals surface area (Å²) >= 11 is 0. The van der Waals surface area contributed by atoms with Crippen LogP contribution in [0.25, 0.3) is 0 Å². The molecule has 0 aliphatic carbocycles. The molecule has 0 radical (unpaired) electrons. The van der Waals surface area contributed by atoms with E-state index in [1.165, 1.54) is 6.92 Å². The van der Waals surface area contributed by atoms with Crippen molar-refractivity contribution in [2.45, 2.75) is 40.3 Å². The number of aryl methyl sites for hydroxylation is 1. The molecule has 1 aliphatic heterocycles. The summed E-state index contributed by atoms with van der Waals surface area (Å²) in [7, 11) is 0. The molecule has 0 bridgehead atoms. The molecule has 1 saturated heterocycles. The van der Waals surface area contributed by atoms with Gasteiger partial charge in [-0.1, -0.05) is 0 Å². The highest BCUT2D eigenvalue weighted by Gasteiger charge is 2.22. The Labute approximate surface area is 193 Å². The average Bonchev–Trinajstić information content (AvgIpc) is 3.08. The molecule has 1 unspecified atom stereocenters. The Balaban J connectivity index is 1.54. The molecule has 9 heteroatoms. The molecule has 178 valence electrons. The number of rotatable bonds is 8. The molecule has 1 aromatic heterocycles. The van der Waals surface area contributed by atoms with Gasteiger partial charge in [-0.05, 0) is 58.0 Å². The summed E-state index contributed by atoms with van der Waals surface area (Å²) in [6.07, 6.45) is -0.975. The van der Waals surface area contributed by atoms with Gasteiger partial charge >= 0.3 is 11.9 Å². The van der Waals surface area contributed by atoms with E-state index in [1.54, 1.807) is 31.4 Å². The highest BCUT2D eigenvalue weighted by molar-refractivity contribution is 5.95. The maximum Gasteiger partial charge on any atom is 0.339 e. The standard InChI is InChI=1S/C24H31N3O6/c1-5-32-24(30)21-14-16(2)27(17(21)3)15-22(28)33-18(4)23(29)25-19-6-8-20(9-7-19)26-10-12-31-13-11-26/h6-9,14,18H,5,10-13,15H2,1-4H3,(H,25,29). The highest BCUT2D eigenvalue weighted by atomic mass is 16.5. The van der Waals surface area contributed by atoms with Crippen molar-refractivity contribution >= 4 is 29.2 Å². The van der Waals surface area contributed by atoms with Gasteiger partial charge in [0.1, 0.15) is 6.54 Å². The number of morpholine rings is 1. The fourth-order valence-electron chi connectivity index (χ4n) is 3.70. The van der Waals surface area contributed by atoms with E-state index in [0.717, 1.165) is 24.5 Å². The van der Waals surface area contributed by atoms with E-state index >= 15 is 0 Å². The number of nitrogens with one attached hydrogen (secondary N) is 1. The Morgan fingerprint density at radius 1 is 1.12 bits per heavy atom. The summed E-state index contributed by atoms with van der Waals surface area (Å²) in [4.78, 5) is 39.2. The molecule has 1 aromatic carbocycles. The molecule has 0 spiro atoms. The molecule has 1 aliphatic rings. The van der Waals surface area contributed by atoms with Crippen molar-refractivity contribution in [3.63, 3.8) is 0 Å². The number of anilines is 2. The largest absolute Gasteiger partial charge is 0.462 e. The third-order valence-electron chi connectivity index (χ3n) is 5.54. The van der Waals surface area contributed by atoms with Gasteiger partial charge in [0.15, 0.2) is 6.10 Å². The monoisotopic (exact) mass is 457 g/mol. The van der Waals surface area contributed by atoms with Gasteiger partial charge in [-0.3, -0.25) is 9.59 Å². The number of amides is 1. The maximum absolute atomic E-state index is 12.5. The highest BCUT2D eigenvalue weighted by Crippen LogP contribution is 2.20. The number of carbonyl (C=O) groups is 3. The van der Waals surface area contributed by atoms with Gasteiger partial charge in [-0.25, -0.2) is 4.79 Å². The second-order valence-corrected chi connectivity index (χ2v) is 7.86. The fraction of sp³-hybridized carbons (Fsp3) is 0.458. The Morgan fingerprint density at radius 2 is 1.79 bits per heavy atom. The van der Waals surface area contributed by atoms with Crippen LogP contribution in [0.3, 0.4) is 0 Å². The smallest absolute Gasteiger partial charge is 0.339 e. The van der Waals surface area contributed by atoms with Gasteiger partial charge in [0.2, 0.25) is 0 Å². The Hall–Kier alpha value is -3.33. The Morgan fingerprint density at radius 3 is 2.42 bits per heavy atom. The predicted octanol–water partition coefficient (Wildman–Crippen LogP) is 2.69. The van der Waals surface area contributed by atoms with Crippen LogP contribution in [0.1, 0.15) is 35.6 Å². The number of benzene rings is 1. The van der Waals surface area contributed by atoms with Crippen LogP contribution in [0.4, 0.5) is 11.4 Å². The van der Waals surface area contributed by atoms with Crippen molar-refractivity contribution in [3.8, 4) is 0 Å². The lowest BCUT2D eigenvalue weighted by atomic mass is 10.2. The Bertz CT molecular complexity index is 992. The van der Waals surface area contributed by atoms with E-state index in [0.29, 0.717) is 30.2 Å². The zero-order chi connectivity index (χ0) is 24.0. The van der Waals surface area contributed by atoms with Gasteiger partial charge in [0, 0.05) is 35.9 Å². The van der Waals surface area contributed by atoms with E-state index in [1.807, 2.05) is 24.3 Å². The van der Waals surface area contributed by atoms with Gasteiger partial charge < -0.3 is 29.0 Å². The molecule has 1 amide bonds. The quantitative estimate of drug-likeness (QED) is 0.609. The minimum Gasteiger partial charge on any atom is -0.462 e. The first-order valence-corrected chi connectivity index (χ1v) is 11.1. The van der Waals surface area contributed by atoms with Crippen LogP contribution in [0.15, 0.2) is 30.3 Å². The summed E-state index contributed by atoms with van der Waals surface area (Å²) in [5, 5.41) is 2.77. The molecule has 1 N–H and O–H groups in total. The van der Waals surface area contributed by atoms with E-state index in [2.05, 4.69) is 10.2 Å². The molecule has 3 rings (SSSR count). The molecule has 1 fully saturated rings. The summed E-state index contributed by atoms with van der Waals surface area (Å²) < 4.78 is 17.4. The third kappa shape index (κ3) is 6.13. The topological polar surface area (TPSA) is 99.1 Å². The van der Waals surface area contributed by atoms with Crippen molar-refractivity contribution in [1.82, 2.24) is 4.57 Å². The van der Waals surface area contributed by atoms with Gasteiger partial charge in [0.05, 0.1) is 25.4 Å². The second kappa shape index (κ2) is 11.0. The van der Waals surface area contributed by atoms with E-state index < -0.39 is 23.9 Å². The predicted molar refractivity (Wildman–Crippen MR) is 124 cm³/mol. The third-order valence-corrected chi connectivity index (χ3v) is 5.54. The van der Waals surface area contributed by atoms with Gasteiger partial charge in [0.25, 0.3) is 5.91 Å². The minimum absolute atomic E-state index is 0.108. The molecule has 2 heterocycles. The summed E-state index contributed by atoms with van der Waals surface area (Å²) in [6.45, 7) is 10.0. The number of aromatic nitrogens is 1. The van der Waals surface area contributed by atoms with Crippen LogP contribution >= 0.6 is 0 Å². The van der Waals surface area contributed by atoms with Gasteiger partial charge in [-0.15, -0.1) is 0 Å². The molecule has 2 aromatic rings. The van der Waals surface area contributed by atoms with E-state index in [9.17, 15) is 14.4 Å². The van der Waals surface area contributed by atoms with Crippen molar-refractivity contribution < 1.29 is 28.6 Å². The van der Waals surface area contributed by atoms with Crippen molar-refractivity contribution in [3.05, 3.63) is 47.3 Å². The van der Waals surface area contributed by atoms with Gasteiger partial charge in [-0.2, -0.15) is 0 Å². The van der Waals surface area contributed by atoms with Crippen LogP contribution in [0.5, 0.6) is 0 Å². The number of nitrogens with zero attached hydrogens (tertiary/aromatic N) is 2. The van der Waals surface area contributed by atoms with Crippen molar-refractivity contribution in [1.29, 1.82) is 0 Å². The minimum atomic E-state index is -0.975. The van der Waals surface area contributed by atoms with Crippen molar-refractivity contribution in [2.24, 2.45) is 0 Å². The van der Waals surface area contributed by atoms with Crippen LogP contribution in [0.2, 0.25) is 0 Å². The SMILES string of the molecule is CCOC(=O)c1cc(C)n(CC(=O)OC(C)C(=O)Nc2ccc(N3CCOCC3)cc2)c1C. The van der Waals surface area contributed by atoms with Crippen LogP contribution in [-0.4, -0.2) is 61.4 Å². The molecule has 33 heavy (non-hydrogen) atoms. The lowest BCUT2D eigenvalue weighted by molar-refractivity contribution is -0.153. The zero-order valence-electron chi connectivity index (χ0n) is 19.6. The van der Waals surface area contributed by atoms with Crippen LogP contribution in [0, 0.1) is 13.8 Å². The first-order chi connectivity index (χ1) is 15.8. The molecular formula is C24H31N3O6. The maximum atomic E-state index is 12.5. The second-order valence-electron chi connectivity index (χ2n) is 7.86. The van der Waals surface area contributed by atoms with Crippen molar-refractivity contribution in [2.75, 3.05) is 43.1 Å². The number of hydrogen-bond donors (Lipinski definition) is 1. The van der Waals surface area contributed by atoms with E-state index in [4.69, 9.17) is 14.2 Å². The number of esters is 2. The number of carbonyl (C=O) groups excluding carboxylic acids is 3. The van der Waals surface area contributed by atoms with Crippen LogP contribution < -0.4 is 10.2 Å².